The minimum Gasteiger partial charge on any atom is -0.492 e. The summed E-state index contributed by atoms with van der Waals surface area (Å²) in [5.41, 5.74) is 1.52. The van der Waals surface area contributed by atoms with Crippen LogP contribution in [0.25, 0.3) is 10.8 Å². The number of hydrogen-bond donors (Lipinski definition) is 1. The Hall–Kier alpha value is -3.84. The van der Waals surface area contributed by atoms with Crippen LogP contribution in [-0.4, -0.2) is 34.0 Å². The summed E-state index contributed by atoms with van der Waals surface area (Å²) in [5, 5.41) is 4.97. The van der Waals surface area contributed by atoms with E-state index in [1.165, 1.54) is 12.1 Å². The van der Waals surface area contributed by atoms with Crippen molar-refractivity contribution in [3.8, 4) is 5.75 Å². The van der Waals surface area contributed by atoms with Crippen molar-refractivity contribution in [1.29, 1.82) is 0 Å². The van der Waals surface area contributed by atoms with Gasteiger partial charge < -0.3 is 10.1 Å². The molecule has 0 atom stereocenters. The number of nitrogens with zero attached hydrogens (tertiary/aromatic N) is 1. The van der Waals surface area contributed by atoms with Crippen molar-refractivity contribution in [2.45, 2.75) is 18.2 Å². The third kappa shape index (κ3) is 6.00. The number of ether oxygens (including phenoxy) is 1. The molecule has 4 aromatic carbocycles. The molecule has 0 fully saturated rings. The van der Waals surface area contributed by atoms with E-state index < -0.39 is 15.9 Å². The lowest BCUT2D eigenvalue weighted by molar-refractivity contribution is -0.119. The van der Waals surface area contributed by atoms with E-state index in [2.05, 4.69) is 5.32 Å². The van der Waals surface area contributed by atoms with Gasteiger partial charge in [0.1, 0.15) is 18.9 Å². The van der Waals surface area contributed by atoms with Gasteiger partial charge in [0.05, 0.1) is 17.1 Å². The van der Waals surface area contributed by atoms with Gasteiger partial charge in [0.15, 0.2) is 0 Å². The maximum absolute atomic E-state index is 13.4. The Morgan fingerprint density at radius 1 is 0.857 bits per heavy atom. The molecule has 4 rings (SSSR count). The first-order valence-corrected chi connectivity index (χ1v) is 13.0. The van der Waals surface area contributed by atoms with Gasteiger partial charge in [-0.15, -0.1) is 0 Å². The molecule has 4 aromatic rings. The number of benzene rings is 4. The van der Waals surface area contributed by atoms with Crippen molar-refractivity contribution < 1.29 is 17.9 Å². The summed E-state index contributed by atoms with van der Waals surface area (Å²) in [6.07, 6.45) is 0.837. The van der Waals surface area contributed by atoms with Crippen LogP contribution < -0.4 is 14.4 Å². The van der Waals surface area contributed by atoms with Crippen LogP contribution in [0.5, 0.6) is 5.75 Å². The fourth-order valence-corrected chi connectivity index (χ4v) is 5.18. The molecule has 0 heterocycles. The van der Waals surface area contributed by atoms with E-state index in [9.17, 15) is 13.2 Å². The lowest BCUT2D eigenvalue weighted by Crippen LogP contribution is -2.41. The van der Waals surface area contributed by atoms with Crippen molar-refractivity contribution in [1.82, 2.24) is 5.32 Å². The average molecular weight is 489 g/mol. The molecule has 0 saturated heterocycles. The molecule has 1 amide bonds. The summed E-state index contributed by atoms with van der Waals surface area (Å²) >= 11 is 0. The van der Waals surface area contributed by atoms with E-state index in [1.54, 1.807) is 30.3 Å². The Morgan fingerprint density at radius 2 is 1.54 bits per heavy atom. The van der Waals surface area contributed by atoms with Crippen molar-refractivity contribution in [2.24, 2.45) is 0 Å². The van der Waals surface area contributed by atoms with E-state index in [-0.39, 0.29) is 24.6 Å². The monoisotopic (exact) mass is 488 g/mol. The van der Waals surface area contributed by atoms with E-state index in [0.29, 0.717) is 11.4 Å². The quantitative estimate of drug-likeness (QED) is 0.326. The van der Waals surface area contributed by atoms with Crippen molar-refractivity contribution in [2.75, 3.05) is 24.0 Å². The Labute approximate surface area is 206 Å². The number of anilines is 1. The van der Waals surface area contributed by atoms with Gasteiger partial charge in [0, 0.05) is 0 Å². The van der Waals surface area contributed by atoms with Crippen LogP contribution in [0.1, 0.15) is 12.5 Å². The fraction of sp³-hybridized carbons (Fsp3) is 0.179. The molecular formula is C28H28N2O4S. The lowest BCUT2D eigenvalue weighted by atomic mass is 10.1. The highest BCUT2D eigenvalue weighted by atomic mass is 32.2. The maximum atomic E-state index is 13.4. The number of nitrogens with one attached hydrogen (secondary N) is 1. The number of amides is 1. The molecule has 0 saturated carbocycles. The van der Waals surface area contributed by atoms with Gasteiger partial charge in [-0.1, -0.05) is 67.6 Å². The average Bonchev–Trinajstić information content (AvgIpc) is 2.90. The Bertz CT molecular complexity index is 1390. The zero-order chi connectivity index (χ0) is 24.7. The zero-order valence-electron chi connectivity index (χ0n) is 19.6. The second-order valence-corrected chi connectivity index (χ2v) is 9.91. The van der Waals surface area contributed by atoms with Crippen LogP contribution in [0.2, 0.25) is 0 Å². The largest absolute Gasteiger partial charge is 0.492 e. The highest BCUT2D eigenvalue weighted by Crippen LogP contribution is 2.24. The van der Waals surface area contributed by atoms with E-state index in [4.69, 9.17) is 4.74 Å². The number of carbonyl (C=O) groups is 1. The molecule has 7 heteroatoms. The predicted molar refractivity (Wildman–Crippen MR) is 139 cm³/mol. The van der Waals surface area contributed by atoms with Crippen molar-refractivity contribution in [3.05, 3.63) is 103 Å². The van der Waals surface area contributed by atoms with Crippen LogP contribution in [0.3, 0.4) is 0 Å². The van der Waals surface area contributed by atoms with Crippen LogP contribution >= 0.6 is 0 Å². The summed E-state index contributed by atoms with van der Waals surface area (Å²) in [4.78, 5) is 12.9. The van der Waals surface area contributed by atoms with E-state index in [1.807, 2.05) is 61.5 Å². The number of fused-ring (bicyclic) bond motifs is 1. The minimum absolute atomic E-state index is 0.131. The first kappa shape index (κ1) is 24.3. The maximum Gasteiger partial charge on any atom is 0.264 e. The van der Waals surface area contributed by atoms with E-state index in [0.717, 1.165) is 27.1 Å². The Kier molecular flexibility index (Phi) is 7.67. The van der Waals surface area contributed by atoms with Gasteiger partial charge in [-0.2, -0.15) is 0 Å². The smallest absolute Gasteiger partial charge is 0.264 e. The normalized spacial score (nSPS) is 11.2. The molecule has 0 aliphatic heterocycles. The summed E-state index contributed by atoms with van der Waals surface area (Å²) in [7, 11) is -3.92. The number of rotatable bonds is 10. The predicted octanol–water partition coefficient (Wildman–Crippen LogP) is 4.79. The second-order valence-electron chi connectivity index (χ2n) is 8.05. The Balaban J connectivity index is 1.41. The standard InChI is InChI=1S/C28H28N2O4S/c1-2-22-12-15-25(16-13-22)30(35(32,33)27-10-4-3-5-11-27)21-28(31)29-18-19-34-26-17-14-23-8-6-7-9-24(23)20-26/h3-17,20H,2,18-19,21H2,1H3,(H,29,31). The SMILES string of the molecule is CCc1ccc(N(CC(=O)NCCOc2ccc3ccccc3c2)S(=O)(=O)c2ccccc2)cc1. The second kappa shape index (κ2) is 11.1. The van der Waals surface area contributed by atoms with Crippen LogP contribution in [0.4, 0.5) is 5.69 Å². The summed E-state index contributed by atoms with van der Waals surface area (Å²) in [6, 6.07) is 29.2. The highest BCUT2D eigenvalue weighted by molar-refractivity contribution is 7.92. The van der Waals surface area contributed by atoms with Gasteiger partial charge in [0.25, 0.3) is 10.0 Å². The molecule has 0 radical (unpaired) electrons. The van der Waals surface area contributed by atoms with Gasteiger partial charge in [-0.3, -0.25) is 9.10 Å². The van der Waals surface area contributed by atoms with Gasteiger partial charge >= 0.3 is 0 Å². The molecule has 0 spiro atoms. The first-order valence-electron chi connectivity index (χ1n) is 11.5. The van der Waals surface area contributed by atoms with Crippen molar-refractivity contribution >= 4 is 32.4 Å². The summed E-state index contributed by atoms with van der Waals surface area (Å²) < 4.78 is 33.6. The molecule has 0 bridgehead atoms. The van der Waals surface area contributed by atoms with Crippen LogP contribution in [-0.2, 0) is 21.2 Å². The summed E-state index contributed by atoms with van der Waals surface area (Å²) in [6.45, 7) is 2.21. The molecule has 35 heavy (non-hydrogen) atoms. The number of aryl methyl sites for hydroxylation is 1. The number of hydrogen-bond acceptors (Lipinski definition) is 4. The molecule has 180 valence electrons. The zero-order valence-corrected chi connectivity index (χ0v) is 20.4. The molecule has 1 N–H and O–H groups in total. The van der Waals surface area contributed by atoms with Gasteiger partial charge in [0.2, 0.25) is 5.91 Å². The Morgan fingerprint density at radius 3 is 2.26 bits per heavy atom. The molecule has 0 aromatic heterocycles. The fourth-order valence-electron chi connectivity index (χ4n) is 3.74. The first-order chi connectivity index (χ1) is 17.0. The van der Waals surface area contributed by atoms with Crippen LogP contribution in [0.15, 0.2) is 102 Å². The number of sulfonamides is 1. The lowest BCUT2D eigenvalue weighted by Gasteiger charge is -2.24. The number of carbonyl (C=O) groups excluding carboxylic acids is 1. The molecule has 6 nitrogen and oxygen atoms in total. The van der Waals surface area contributed by atoms with Crippen LogP contribution in [0, 0.1) is 0 Å². The third-order valence-corrected chi connectivity index (χ3v) is 7.45. The van der Waals surface area contributed by atoms with E-state index >= 15 is 0 Å². The molecule has 0 aliphatic carbocycles. The topological polar surface area (TPSA) is 75.7 Å². The summed E-state index contributed by atoms with van der Waals surface area (Å²) in [5.74, 6) is 0.299. The third-order valence-electron chi connectivity index (χ3n) is 5.66. The minimum atomic E-state index is -3.92. The molecule has 0 unspecified atom stereocenters. The highest BCUT2D eigenvalue weighted by Gasteiger charge is 2.27. The molecule has 0 aliphatic rings. The van der Waals surface area contributed by atoms with Gasteiger partial charge in [-0.05, 0) is 59.2 Å². The van der Waals surface area contributed by atoms with Crippen molar-refractivity contribution in [3.63, 3.8) is 0 Å². The van der Waals surface area contributed by atoms with Gasteiger partial charge in [-0.25, -0.2) is 8.42 Å². The molecular weight excluding hydrogens is 460 g/mol.